The van der Waals surface area contributed by atoms with Gasteiger partial charge in [-0.05, 0) is 60.7 Å². The average Bonchev–Trinajstić information content (AvgIpc) is 3.11. The van der Waals surface area contributed by atoms with Crippen LogP contribution in [0.5, 0.6) is 5.75 Å². The number of hydrogen-bond donors (Lipinski definition) is 2. The molecule has 0 aromatic heterocycles. The van der Waals surface area contributed by atoms with Gasteiger partial charge in [0, 0.05) is 11.6 Å². The smallest absolute Gasteiger partial charge is 0.335 e. The van der Waals surface area contributed by atoms with E-state index in [1.807, 2.05) is 25.1 Å². The number of ether oxygens (including phenoxy) is 1. The second kappa shape index (κ2) is 6.28. The van der Waals surface area contributed by atoms with E-state index < -0.39 is 5.97 Å². The summed E-state index contributed by atoms with van der Waals surface area (Å²) in [7, 11) is 0. The first-order valence-corrected chi connectivity index (χ1v) is 8.70. The molecule has 0 fully saturated rings. The van der Waals surface area contributed by atoms with Gasteiger partial charge < -0.3 is 15.2 Å². The van der Waals surface area contributed by atoms with E-state index in [-0.39, 0.29) is 6.04 Å². The lowest BCUT2D eigenvalue weighted by Crippen LogP contribution is -2.29. The van der Waals surface area contributed by atoms with E-state index in [0.717, 1.165) is 23.4 Å². The van der Waals surface area contributed by atoms with Gasteiger partial charge in [0.1, 0.15) is 5.75 Å². The Hall–Kier alpha value is -2.75. The summed E-state index contributed by atoms with van der Waals surface area (Å²) in [4.78, 5) is 11.1. The number of carbonyl (C=O) groups is 1. The molecule has 128 valence electrons. The fraction of sp³-hybridized carbons (Fsp3) is 0.286. The summed E-state index contributed by atoms with van der Waals surface area (Å²) in [5.74, 6) is 0.810. The van der Waals surface area contributed by atoms with Crippen molar-refractivity contribution in [3.8, 4) is 5.75 Å². The Balaban J connectivity index is 1.69. The van der Waals surface area contributed by atoms with Gasteiger partial charge in [0.15, 0.2) is 0 Å². The number of carboxylic acids is 1. The molecule has 0 saturated carbocycles. The van der Waals surface area contributed by atoms with Gasteiger partial charge in [-0.2, -0.15) is 0 Å². The summed E-state index contributed by atoms with van der Waals surface area (Å²) < 4.78 is 5.66. The molecular weight excluding hydrogens is 314 g/mol. The largest absolute Gasteiger partial charge is 0.494 e. The van der Waals surface area contributed by atoms with Crippen LogP contribution in [0.1, 0.15) is 46.8 Å². The van der Waals surface area contributed by atoms with Gasteiger partial charge in [0.2, 0.25) is 0 Å². The molecule has 4 heteroatoms. The minimum Gasteiger partial charge on any atom is -0.494 e. The SMILES string of the molecule is CCOc1ccc2c(c1)[C@@H]1C=CC[C@H]1[C@H](c1ccc(C(=O)O)cc1)N2. The standard InChI is InChI=1S/C21H21NO3/c1-2-25-15-10-11-19-18(12-15)16-4-3-5-17(16)20(22-19)13-6-8-14(9-7-13)21(23)24/h3-4,6-12,16-17,20,22H,2,5H2,1H3,(H,23,24)/t16-,17-,20+/m1/s1. The van der Waals surface area contributed by atoms with E-state index in [0.29, 0.717) is 24.0 Å². The van der Waals surface area contributed by atoms with Crippen molar-refractivity contribution in [2.45, 2.75) is 25.3 Å². The highest BCUT2D eigenvalue weighted by Crippen LogP contribution is 2.50. The quantitative estimate of drug-likeness (QED) is 0.801. The van der Waals surface area contributed by atoms with E-state index >= 15 is 0 Å². The molecule has 2 aromatic rings. The molecule has 0 saturated heterocycles. The minimum atomic E-state index is -0.891. The van der Waals surface area contributed by atoms with Crippen LogP contribution in [0.4, 0.5) is 5.69 Å². The molecule has 0 amide bonds. The summed E-state index contributed by atoms with van der Waals surface area (Å²) in [5.41, 5.74) is 3.86. The van der Waals surface area contributed by atoms with Crippen molar-refractivity contribution in [1.82, 2.24) is 0 Å². The van der Waals surface area contributed by atoms with Gasteiger partial charge in [-0.3, -0.25) is 0 Å². The molecule has 0 unspecified atom stereocenters. The number of benzene rings is 2. The molecule has 25 heavy (non-hydrogen) atoms. The molecule has 3 atom stereocenters. The Morgan fingerprint density at radius 1 is 1.24 bits per heavy atom. The van der Waals surface area contributed by atoms with Crippen molar-refractivity contribution >= 4 is 11.7 Å². The Kier molecular flexibility index (Phi) is 3.96. The summed E-state index contributed by atoms with van der Waals surface area (Å²) >= 11 is 0. The number of rotatable bonds is 4. The first-order chi connectivity index (χ1) is 12.2. The van der Waals surface area contributed by atoms with Gasteiger partial charge in [0.05, 0.1) is 18.2 Å². The van der Waals surface area contributed by atoms with E-state index in [4.69, 9.17) is 9.84 Å². The molecule has 2 N–H and O–H groups in total. The zero-order valence-corrected chi connectivity index (χ0v) is 14.1. The molecule has 0 radical (unpaired) electrons. The summed E-state index contributed by atoms with van der Waals surface area (Å²) in [6.07, 6.45) is 5.55. The highest BCUT2D eigenvalue weighted by molar-refractivity contribution is 5.87. The predicted molar refractivity (Wildman–Crippen MR) is 97.4 cm³/mol. The third-order valence-corrected chi connectivity index (χ3v) is 5.16. The Morgan fingerprint density at radius 2 is 2.04 bits per heavy atom. The second-order valence-corrected chi connectivity index (χ2v) is 6.58. The number of aromatic carboxylic acids is 1. The van der Waals surface area contributed by atoms with Crippen LogP contribution in [0.3, 0.4) is 0 Å². The maximum atomic E-state index is 11.1. The molecule has 1 aliphatic carbocycles. The lowest BCUT2D eigenvalue weighted by atomic mass is 9.77. The third kappa shape index (κ3) is 2.78. The summed E-state index contributed by atoms with van der Waals surface area (Å²) in [6, 6.07) is 13.6. The predicted octanol–water partition coefficient (Wildman–Crippen LogP) is 4.61. The summed E-state index contributed by atoms with van der Waals surface area (Å²) in [6.45, 7) is 2.65. The maximum Gasteiger partial charge on any atom is 0.335 e. The number of nitrogens with one attached hydrogen (secondary N) is 1. The van der Waals surface area contributed by atoms with Gasteiger partial charge in [-0.15, -0.1) is 0 Å². The van der Waals surface area contributed by atoms with Gasteiger partial charge >= 0.3 is 5.97 Å². The zero-order chi connectivity index (χ0) is 17.4. The van der Waals surface area contributed by atoms with Gasteiger partial charge in [-0.1, -0.05) is 24.3 Å². The lowest BCUT2D eigenvalue weighted by molar-refractivity contribution is 0.0697. The number of anilines is 1. The minimum absolute atomic E-state index is 0.174. The van der Waals surface area contributed by atoms with E-state index in [2.05, 4.69) is 29.6 Å². The number of allylic oxidation sites excluding steroid dienone is 2. The van der Waals surface area contributed by atoms with Crippen LogP contribution in [0.15, 0.2) is 54.6 Å². The van der Waals surface area contributed by atoms with Crippen molar-refractivity contribution in [3.05, 3.63) is 71.3 Å². The second-order valence-electron chi connectivity index (χ2n) is 6.58. The molecule has 1 heterocycles. The molecule has 0 spiro atoms. The van der Waals surface area contributed by atoms with Crippen molar-refractivity contribution in [3.63, 3.8) is 0 Å². The third-order valence-electron chi connectivity index (χ3n) is 5.16. The highest BCUT2D eigenvalue weighted by Gasteiger charge is 2.38. The topological polar surface area (TPSA) is 58.6 Å². The lowest BCUT2D eigenvalue weighted by Gasteiger charge is -2.37. The highest BCUT2D eigenvalue weighted by atomic mass is 16.5. The fourth-order valence-corrected chi connectivity index (χ4v) is 3.99. The fourth-order valence-electron chi connectivity index (χ4n) is 3.99. The van der Waals surface area contributed by atoms with Crippen molar-refractivity contribution in [2.75, 3.05) is 11.9 Å². The number of hydrogen-bond acceptors (Lipinski definition) is 3. The first kappa shape index (κ1) is 15.8. The maximum absolute atomic E-state index is 11.1. The van der Waals surface area contributed by atoms with E-state index in [9.17, 15) is 4.79 Å². The van der Waals surface area contributed by atoms with Gasteiger partial charge in [-0.25, -0.2) is 4.79 Å². The average molecular weight is 335 g/mol. The Labute approximate surface area is 147 Å². The molecule has 4 nitrogen and oxygen atoms in total. The van der Waals surface area contributed by atoms with E-state index in [1.165, 1.54) is 5.56 Å². The Bertz CT molecular complexity index is 826. The number of fused-ring (bicyclic) bond motifs is 3. The van der Waals surface area contributed by atoms with Crippen molar-refractivity contribution < 1.29 is 14.6 Å². The van der Waals surface area contributed by atoms with Crippen LogP contribution in [0.2, 0.25) is 0 Å². The number of carboxylic acid groups (broad SMARTS) is 1. The Morgan fingerprint density at radius 3 is 2.76 bits per heavy atom. The molecular formula is C21H21NO3. The first-order valence-electron chi connectivity index (χ1n) is 8.70. The van der Waals surface area contributed by atoms with Crippen molar-refractivity contribution in [2.24, 2.45) is 5.92 Å². The molecule has 0 bridgehead atoms. The van der Waals surface area contributed by atoms with Crippen LogP contribution in [-0.4, -0.2) is 17.7 Å². The zero-order valence-electron chi connectivity index (χ0n) is 14.1. The molecule has 4 rings (SSSR count). The summed E-state index contributed by atoms with van der Waals surface area (Å²) in [5, 5.41) is 12.8. The van der Waals surface area contributed by atoms with Gasteiger partial charge in [0.25, 0.3) is 0 Å². The van der Waals surface area contributed by atoms with Crippen LogP contribution in [0, 0.1) is 5.92 Å². The van der Waals surface area contributed by atoms with Crippen molar-refractivity contribution in [1.29, 1.82) is 0 Å². The molecule has 2 aromatic carbocycles. The monoisotopic (exact) mass is 335 g/mol. The normalized spacial score (nSPS) is 23.5. The molecule has 1 aliphatic heterocycles. The van der Waals surface area contributed by atoms with Crippen LogP contribution in [0.25, 0.3) is 0 Å². The van der Waals surface area contributed by atoms with Crippen LogP contribution >= 0.6 is 0 Å². The van der Waals surface area contributed by atoms with E-state index in [1.54, 1.807) is 12.1 Å². The molecule has 2 aliphatic rings. The van der Waals surface area contributed by atoms with Crippen LogP contribution in [-0.2, 0) is 0 Å². The van der Waals surface area contributed by atoms with Crippen LogP contribution < -0.4 is 10.1 Å².